The molecule has 108 valence electrons. The van der Waals surface area contributed by atoms with Crippen molar-refractivity contribution in [3.63, 3.8) is 0 Å². The first kappa shape index (κ1) is 14.6. The summed E-state index contributed by atoms with van der Waals surface area (Å²) < 4.78 is 7.44. The van der Waals surface area contributed by atoms with Crippen LogP contribution in [0.1, 0.15) is 35.3 Å². The minimum atomic E-state index is 0.0756. The second-order valence-electron chi connectivity index (χ2n) is 4.98. The minimum Gasteiger partial charge on any atom is -0.493 e. The fourth-order valence-corrected chi connectivity index (χ4v) is 2.48. The molecule has 0 amide bonds. The van der Waals surface area contributed by atoms with Crippen LogP contribution in [0.4, 0.5) is 0 Å². The van der Waals surface area contributed by atoms with Crippen molar-refractivity contribution in [2.75, 3.05) is 14.2 Å². The maximum Gasteiger partial charge on any atom is 0.161 e. The van der Waals surface area contributed by atoms with Gasteiger partial charge in [-0.05, 0) is 44.5 Å². The van der Waals surface area contributed by atoms with E-state index in [4.69, 9.17) is 4.74 Å². The van der Waals surface area contributed by atoms with Gasteiger partial charge in [0.15, 0.2) is 5.75 Å². The molecule has 1 heterocycles. The SMILES string of the molecule is CCn1ncc(OC)c1C(NC)c1ccc(C)c(C)c1. The monoisotopic (exact) mass is 273 g/mol. The van der Waals surface area contributed by atoms with E-state index in [0.717, 1.165) is 18.0 Å². The summed E-state index contributed by atoms with van der Waals surface area (Å²) in [6.45, 7) is 7.18. The lowest BCUT2D eigenvalue weighted by molar-refractivity contribution is 0.401. The lowest BCUT2D eigenvalue weighted by Gasteiger charge is -2.20. The molecule has 1 unspecified atom stereocenters. The Morgan fingerprint density at radius 2 is 2.05 bits per heavy atom. The van der Waals surface area contributed by atoms with Gasteiger partial charge in [-0.2, -0.15) is 5.10 Å². The van der Waals surface area contributed by atoms with Crippen molar-refractivity contribution >= 4 is 0 Å². The molecule has 2 rings (SSSR count). The Morgan fingerprint density at radius 3 is 2.60 bits per heavy atom. The molecular formula is C16H23N3O. The molecule has 0 spiro atoms. The summed E-state index contributed by atoms with van der Waals surface area (Å²) in [7, 11) is 3.65. The zero-order chi connectivity index (χ0) is 14.7. The number of nitrogens with zero attached hydrogens (tertiary/aromatic N) is 2. The molecule has 0 bridgehead atoms. The van der Waals surface area contributed by atoms with Crippen molar-refractivity contribution in [2.45, 2.75) is 33.4 Å². The van der Waals surface area contributed by atoms with E-state index < -0.39 is 0 Å². The third-order valence-electron chi connectivity index (χ3n) is 3.79. The largest absolute Gasteiger partial charge is 0.493 e. The van der Waals surface area contributed by atoms with Crippen LogP contribution in [0.2, 0.25) is 0 Å². The van der Waals surface area contributed by atoms with E-state index in [0.29, 0.717) is 0 Å². The lowest BCUT2D eigenvalue weighted by atomic mass is 9.98. The van der Waals surface area contributed by atoms with Crippen LogP contribution in [0.3, 0.4) is 0 Å². The van der Waals surface area contributed by atoms with Crippen molar-refractivity contribution in [1.29, 1.82) is 0 Å². The molecule has 20 heavy (non-hydrogen) atoms. The second kappa shape index (κ2) is 6.09. The zero-order valence-corrected chi connectivity index (χ0v) is 12.9. The van der Waals surface area contributed by atoms with Gasteiger partial charge in [0.05, 0.1) is 19.3 Å². The van der Waals surface area contributed by atoms with Crippen molar-refractivity contribution in [3.8, 4) is 5.75 Å². The van der Waals surface area contributed by atoms with E-state index in [-0.39, 0.29) is 6.04 Å². The topological polar surface area (TPSA) is 39.1 Å². The number of nitrogens with one attached hydrogen (secondary N) is 1. The summed E-state index contributed by atoms with van der Waals surface area (Å²) in [6, 6.07) is 6.62. The van der Waals surface area contributed by atoms with Gasteiger partial charge in [0.25, 0.3) is 0 Å². The molecule has 2 aromatic rings. The van der Waals surface area contributed by atoms with E-state index in [1.165, 1.54) is 16.7 Å². The standard InChI is InChI=1S/C16H23N3O/c1-6-19-16(14(20-5)10-18-19)15(17-4)13-8-7-11(2)12(3)9-13/h7-10,15,17H,6H2,1-5H3. The van der Waals surface area contributed by atoms with Crippen LogP contribution < -0.4 is 10.1 Å². The van der Waals surface area contributed by atoms with Gasteiger partial charge in [0.2, 0.25) is 0 Å². The Morgan fingerprint density at radius 1 is 1.30 bits per heavy atom. The number of hydrogen-bond donors (Lipinski definition) is 1. The number of methoxy groups -OCH3 is 1. The summed E-state index contributed by atoms with van der Waals surface area (Å²) in [5, 5.41) is 7.77. The summed E-state index contributed by atoms with van der Waals surface area (Å²) in [4.78, 5) is 0. The van der Waals surface area contributed by atoms with Gasteiger partial charge < -0.3 is 10.1 Å². The van der Waals surface area contributed by atoms with Gasteiger partial charge in [-0.15, -0.1) is 0 Å². The first-order valence-corrected chi connectivity index (χ1v) is 6.96. The average Bonchev–Trinajstić information content (AvgIpc) is 2.86. The number of hydrogen-bond acceptors (Lipinski definition) is 3. The first-order valence-electron chi connectivity index (χ1n) is 6.96. The van der Waals surface area contributed by atoms with Crippen molar-refractivity contribution in [1.82, 2.24) is 15.1 Å². The summed E-state index contributed by atoms with van der Waals surface area (Å²) in [6.07, 6.45) is 1.78. The van der Waals surface area contributed by atoms with Crippen LogP contribution in [-0.4, -0.2) is 23.9 Å². The average molecular weight is 273 g/mol. The predicted octanol–water partition coefficient (Wildman–Crippen LogP) is 2.84. The lowest BCUT2D eigenvalue weighted by Crippen LogP contribution is -2.22. The third-order valence-corrected chi connectivity index (χ3v) is 3.79. The molecule has 0 saturated carbocycles. The Hall–Kier alpha value is -1.81. The van der Waals surface area contributed by atoms with Gasteiger partial charge in [-0.3, -0.25) is 4.68 Å². The van der Waals surface area contributed by atoms with E-state index in [2.05, 4.69) is 49.4 Å². The number of aryl methyl sites for hydroxylation is 3. The van der Waals surface area contributed by atoms with E-state index >= 15 is 0 Å². The van der Waals surface area contributed by atoms with Crippen LogP contribution in [0.5, 0.6) is 5.75 Å². The van der Waals surface area contributed by atoms with Gasteiger partial charge in [-0.1, -0.05) is 18.2 Å². The molecule has 0 radical (unpaired) electrons. The van der Waals surface area contributed by atoms with Crippen molar-refractivity contribution in [3.05, 3.63) is 46.8 Å². The molecule has 0 aliphatic heterocycles. The Labute approximate surface area is 120 Å². The maximum absolute atomic E-state index is 5.46. The number of benzene rings is 1. The van der Waals surface area contributed by atoms with Crippen LogP contribution in [0, 0.1) is 13.8 Å². The molecule has 0 saturated heterocycles. The van der Waals surface area contributed by atoms with Crippen molar-refractivity contribution in [2.24, 2.45) is 0 Å². The molecule has 0 aliphatic rings. The molecule has 0 aliphatic carbocycles. The van der Waals surface area contributed by atoms with E-state index in [1.54, 1.807) is 13.3 Å². The van der Waals surface area contributed by atoms with Crippen molar-refractivity contribution < 1.29 is 4.74 Å². The third kappa shape index (κ3) is 2.56. The van der Waals surface area contributed by atoms with Crippen LogP contribution in [0.25, 0.3) is 0 Å². The smallest absolute Gasteiger partial charge is 0.161 e. The zero-order valence-electron chi connectivity index (χ0n) is 12.9. The Bertz CT molecular complexity index is 568. The highest BCUT2D eigenvalue weighted by Gasteiger charge is 2.22. The van der Waals surface area contributed by atoms with Gasteiger partial charge in [-0.25, -0.2) is 0 Å². The fourth-order valence-electron chi connectivity index (χ4n) is 2.48. The number of rotatable bonds is 5. The highest BCUT2D eigenvalue weighted by Crippen LogP contribution is 2.30. The molecule has 4 heteroatoms. The Kier molecular flexibility index (Phi) is 4.45. The fraction of sp³-hybridized carbons (Fsp3) is 0.438. The molecular weight excluding hydrogens is 250 g/mol. The second-order valence-corrected chi connectivity index (χ2v) is 4.98. The molecule has 4 nitrogen and oxygen atoms in total. The minimum absolute atomic E-state index is 0.0756. The highest BCUT2D eigenvalue weighted by molar-refractivity contribution is 5.39. The number of ether oxygens (including phenoxy) is 1. The maximum atomic E-state index is 5.46. The quantitative estimate of drug-likeness (QED) is 0.910. The number of aromatic nitrogens is 2. The molecule has 1 aromatic carbocycles. The summed E-state index contributed by atoms with van der Waals surface area (Å²) >= 11 is 0. The predicted molar refractivity (Wildman–Crippen MR) is 81.3 cm³/mol. The van der Waals surface area contributed by atoms with Gasteiger partial charge in [0.1, 0.15) is 5.69 Å². The molecule has 1 atom stereocenters. The molecule has 0 fully saturated rings. The molecule has 1 N–H and O–H groups in total. The normalized spacial score (nSPS) is 12.4. The van der Waals surface area contributed by atoms with E-state index in [1.807, 2.05) is 11.7 Å². The van der Waals surface area contributed by atoms with Gasteiger partial charge >= 0.3 is 0 Å². The first-order chi connectivity index (χ1) is 9.62. The van der Waals surface area contributed by atoms with Crippen LogP contribution in [0.15, 0.2) is 24.4 Å². The van der Waals surface area contributed by atoms with Crippen LogP contribution >= 0.6 is 0 Å². The van der Waals surface area contributed by atoms with Gasteiger partial charge in [0, 0.05) is 6.54 Å². The highest BCUT2D eigenvalue weighted by atomic mass is 16.5. The molecule has 1 aromatic heterocycles. The Balaban J connectivity index is 2.51. The van der Waals surface area contributed by atoms with E-state index in [9.17, 15) is 0 Å². The summed E-state index contributed by atoms with van der Waals surface area (Å²) in [5.41, 5.74) is 4.90. The van der Waals surface area contributed by atoms with Crippen LogP contribution in [-0.2, 0) is 6.54 Å². The summed E-state index contributed by atoms with van der Waals surface area (Å²) in [5.74, 6) is 0.824.